The summed E-state index contributed by atoms with van der Waals surface area (Å²) in [5, 5.41) is 4.09. The fourth-order valence-electron chi connectivity index (χ4n) is 2.78. The number of hydrogen-bond acceptors (Lipinski definition) is 4. The highest BCUT2D eigenvalue weighted by atomic mass is 16.5. The summed E-state index contributed by atoms with van der Waals surface area (Å²) in [5.41, 5.74) is 8.40. The summed E-state index contributed by atoms with van der Waals surface area (Å²) < 4.78 is 5.39. The molecule has 2 N–H and O–H groups in total. The lowest BCUT2D eigenvalue weighted by molar-refractivity contribution is 0.129. The van der Waals surface area contributed by atoms with Crippen molar-refractivity contribution >= 4 is 0 Å². The van der Waals surface area contributed by atoms with Gasteiger partial charge >= 0.3 is 0 Å². The highest BCUT2D eigenvalue weighted by Crippen LogP contribution is 2.42. The van der Waals surface area contributed by atoms with E-state index in [2.05, 4.69) is 41.3 Å². The monoisotopic (exact) mass is 271 g/mol. The maximum atomic E-state index is 5.88. The van der Waals surface area contributed by atoms with Crippen molar-refractivity contribution in [3.05, 3.63) is 35.7 Å². The van der Waals surface area contributed by atoms with Gasteiger partial charge in [0.05, 0.1) is 0 Å². The van der Waals surface area contributed by atoms with Crippen molar-refractivity contribution < 1.29 is 4.52 Å². The van der Waals surface area contributed by atoms with Gasteiger partial charge in [-0.3, -0.25) is 0 Å². The molecule has 0 radical (unpaired) electrons. The Morgan fingerprint density at radius 2 is 2.00 bits per heavy atom. The van der Waals surface area contributed by atoms with E-state index in [-0.39, 0.29) is 5.41 Å². The lowest BCUT2D eigenvalue weighted by atomic mass is 9.67. The third-order valence-electron chi connectivity index (χ3n) is 4.46. The van der Waals surface area contributed by atoms with Crippen LogP contribution in [0.25, 0.3) is 11.4 Å². The smallest absolute Gasteiger partial charge is 0.227 e. The number of nitrogens with zero attached hydrogens (tertiary/aromatic N) is 2. The number of benzene rings is 1. The van der Waals surface area contributed by atoms with Crippen molar-refractivity contribution in [2.24, 2.45) is 11.1 Å². The molecule has 1 aromatic heterocycles. The lowest BCUT2D eigenvalue weighted by Crippen LogP contribution is -2.39. The summed E-state index contributed by atoms with van der Waals surface area (Å²) in [5.74, 6) is 1.39. The van der Waals surface area contributed by atoms with Crippen molar-refractivity contribution in [1.29, 1.82) is 0 Å². The van der Waals surface area contributed by atoms with E-state index in [9.17, 15) is 0 Å². The summed E-state index contributed by atoms with van der Waals surface area (Å²) in [4.78, 5) is 4.52. The van der Waals surface area contributed by atoms with E-state index in [1.165, 1.54) is 24.8 Å². The molecule has 0 atom stereocenters. The molecular weight excluding hydrogens is 250 g/mol. The van der Waals surface area contributed by atoms with Gasteiger partial charge in [-0.05, 0) is 36.8 Å². The van der Waals surface area contributed by atoms with Gasteiger partial charge in [-0.15, -0.1) is 0 Å². The topological polar surface area (TPSA) is 64.9 Å². The molecule has 1 aliphatic rings. The Balaban J connectivity index is 1.75. The normalized spacial score (nSPS) is 16.9. The number of aromatic nitrogens is 2. The lowest BCUT2D eigenvalue weighted by Gasteiger charge is -2.39. The Labute approximate surface area is 119 Å². The first-order valence-corrected chi connectivity index (χ1v) is 7.37. The minimum atomic E-state index is 0.204. The van der Waals surface area contributed by atoms with Crippen LogP contribution in [0.3, 0.4) is 0 Å². The third kappa shape index (κ3) is 2.48. The second kappa shape index (κ2) is 5.37. The zero-order valence-corrected chi connectivity index (χ0v) is 11.9. The van der Waals surface area contributed by atoms with Crippen LogP contribution in [-0.4, -0.2) is 16.7 Å². The molecule has 3 rings (SSSR count). The van der Waals surface area contributed by atoms with Gasteiger partial charge in [-0.2, -0.15) is 4.98 Å². The van der Waals surface area contributed by atoms with E-state index >= 15 is 0 Å². The Morgan fingerprint density at radius 1 is 1.25 bits per heavy atom. The average Bonchev–Trinajstić information content (AvgIpc) is 2.91. The van der Waals surface area contributed by atoms with Gasteiger partial charge in [-0.25, -0.2) is 0 Å². The van der Waals surface area contributed by atoms with Crippen LogP contribution in [-0.2, 0) is 12.8 Å². The Kier molecular flexibility index (Phi) is 3.57. The highest BCUT2D eigenvalue weighted by molar-refractivity contribution is 5.54. The summed E-state index contributed by atoms with van der Waals surface area (Å²) in [7, 11) is 0. The molecule has 1 fully saturated rings. The Morgan fingerprint density at radius 3 is 2.55 bits per heavy atom. The number of rotatable bonds is 5. The molecule has 4 nitrogen and oxygen atoms in total. The second-order valence-corrected chi connectivity index (χ2v) is 5.80. The average molecular weight is 271 g/mol. The molecule has 1 aromatic carbocycles. The van der Waals surface area contributed by atoms with Crippen LogP contribution >= 0.6 is 0 Å². The van der Waals surface area contributed by atoms with E-state index < -0.39 is 0 Å². The van der Waals surface area contributed by atoms with Crippen LogP contribution in [0.15, 0.2) is 28.8 Å². The maximum Gasteiger partial charge on any atom is 0.227 e. The van der Waals surface area contributed by atoms with E-state index in [1.807, 2.05) is 0 Å². The number of aryl methyl sites for hydroxylation is 1. The van der Waals surface area contributed by atoms with Crippen LogP contribution in [0.2, 0.25) is 0 Å². The number of nitrogens with two attached hydrogens (primary N) is 1. The molecule has 0 unspecified atom stereocenters. The van der Waals surface area contributed by atoms with E-state index in [0.29, 0.717) is 18.3 Å². The zero-order chi connectivity index (χ0) is 14.0. The molecule has 20 heavy (non-hydrogen) atoms. The molecule has 0 saturated heterocycles. The second-order valence-electron chi connectivity index (χ2n) is 5.80. The van der Waals surface area contributed by atoms with E-state index in [0.717, 1.165) is 18.4 Å². The molecule has 1 heterocycles. The molecule has 4 heteroatoms. The van der Waals surface area contributed by atoms with E-state index in [4.69, 9.17) is 10.3 Å². The van der Waals surface area contributed by atoms with Crippen LogP contribution in [0, 0.1) is 5.41 Å². The molecular formula is C16H21N3O. The first-order valence-electron chi connectivity index (χ1n) is 7.37. The molecule has 0 aliphatic heterocycles. The summed E-state index contributed by atoms with van der Waals surface area (Å²) in [6.45, 7) is 2.85. The molecule has 1 aliphatic carbocycles. The number of hydrogen-bond donors (Lipinski definition) is 1. The predicted octanol–water partition coefficient (Wildman–Crippen LogP) is 2.97. The summed E-state index contributed by atoms with van der Waals surface area (Å²) in [6.07, 6.45) is 5.45. The van der Waals surface area contributed by atoms with Crippen molar-refractivity contribution in [3.63, 3.8) is 0 Å². The van der Waals surface area contributed by atoms with Gasteiger partial charge in [0, 0.05) is 12.0 Å². The van der Waals surface area contributed by atoms with Crippen molar-refractivity contribution in [1.82, 2.24) is 10.1 Å². The fourth-order valence-corrected chi connectivity index (χ4v) is 2.78. The molecule has 1 saturated carbocycles. The van der Waals surface area contributed by atoms with Crippen molar-refractivity contribution in [2.75, 3.05) is 6.54 Å². The van der Waals surface area contributed by atoms with Gasteiger partial charge in [0.25, 0.3) is 0 Å². The van der Waals surface area contributed by atoms with Gasteiger partial charge in [0.15, 0.2) is 0 Å². The standard InChI is InChI=1S/C16H21N3O/c1-2-12-4-6-13(7-5-12)15-18-14(20-19-15)10-16(11-17)8-3-9-16/h4-7H,2-3,8-11,17H2,1H3. The third-order valence-corrected chi connectivity index (χ3v) is 4.46. The van der Waals surface area contributed by atoms with Crippen LogP contribution in [0.5, 0.6) is 0 Å². The predicted molar refractivity (Wildman–Crippen MR) is 78.2 cm³/mol. The molecule has 0 amide bonds. The zero-order valence-electron chi connectivity index (χ0n) is 11.9. The Hall–Kier alpha value is -1.68. The van der Waals surface area contributed by atoms with Crippen LogP contribution in [0.4, 0.5) is 0 Å². The Bertz CT molecular complexity index is 564. The minimum absolute atomic E-state index is 0.204. The van der Waals surface area contributed by atoms with Gasteiger partial charge in [0.2, 0.25) is 11.7 Å². The van der Waals surface area contributed by atoms with Gasteiger partial charge < -0.3 is 10.3 Å². The van der Waals surface area contributed by atoms with Crippen LogP contribution < -0.4 is 5.73 Å². The molecule has 2 aromatic rings. The van der Waals surface area contributed by atoms with Gasteiger partial charge in [0.1, 0.15) is 0 Å². The molecule has 106 valence electrons. The fraction of sp³-hybridized carbons (Fsp3) is 0.500. The summed E-state index contributed by atoms with van der Waals surface area (Å²) >= 11 is 0. The molecule has 0 bridgehead atoms. The van der Waals surface area contributed by atoms with Crippen molar-refractivity contribution in [2.45, 2.75) is 39.0 Å². The molecule has 0 spiro atoms. The largest absolute Gasteiger partial charge is 0.339 e. The van der Waals surface area contributed by atoms with Crippen LogP contribution in [0.1, 0.15) is 37.6 Å². The quantitative estimate of drug-likeness (QED) is 0.908. The van der Waals surface area contributed by atoms with Gasteiger partial charge in [-0.1, -0.05) is 42.8 Å². The SMILES string of the molecule is CCc1ccc(-c2noc(CC3(CN)CCC3)n2)cc1. The maximum absolute atomic E-state index is 5.88. The first-order chi connectivity index (χ1) is 9.74. The summed E-state index contributed by atoms with van der Waals surface area (Å²) in [6, 6.07) is 8.32. The highest BCUT2D eigenvalue weighted by Gasteiger charge is 2.37. The minimum Gasteiger partial charge on any atom is -0.339 e. The first kappa shape index (κ1) is 13.3. The van der Waals surface area contributed by atoms with Crippen molar-refractivity contribution in [3.8, 4) is 11.4 Å². The van der Waals surface area contributed by atoms with E-state index in [1.54, 1.807) is 0 Å².